The van der Waals surface area contributed by atoms with E-state index in [1.54, 1.807) is 0 Å². The van der Waals surface area contributed by atoms with Gasteiger partial charge in [0.2, 0.25) is 0 Å². The van der Waals surface area contributed by atoms with Crippen molar-refractivity contribution >= 4 is 28.7 Å². The van der Waals surface area contributed by atoms with Crippen LogP contribution >= 0.6 is 11.6 Å². The molecule has 0 unspecified atom stereocenters. The first-order chi connectivity index (χ1) is 9.84. The van der Waals surface area contributed by atoms with Crippen LogP contribution in [0.2, 0.25) is 5.02 Å². The van der Waals surface area contributed by atoms with Gasteiger partial charge in [-0.2, -0.15) is 0 Å². The first-order valence-corrected chi connectivity index (χ1v) is 6.88. The minimum Gasteiger partial charge on any atom is -0.310 e. The van der Waals surface area contributed by atoms with Gasteiger partial charge in [0.05, 0.1) is 0 Å². The monoisotopic (exact) mass is 279 g/mol. The Morgan fingerprint density at radius 1 is 0.550 bits per heavy atom. The van der Waals surface area contributed by atoms with Crippen molar-refractivity contribution in [1.82, 2.24) is 0 Å². The lowest BCUT2D eigenvalue weighted by Gasteiger charge is -2.25. The Hall–Kier alpha value is -2.25. The number of nitrogens with zero attached hydrogens (tertiary/aromatic N) is 1. The zero-order chi connectivity index (χ0) is 13.8. The van der Waals surface area contributed by atoms with E-state index in [1.165, 1.54) is 0 Å². The van der Waals surface area contributed by atoms with Crippen molar-refractivity contribution in [2.24, 2.45) is 0 Å². The fraction of sp³-hybridized carbons (Fsp3) is 0. The fourth-order valence-corrected chi connectivity index (χ4v) is 2.40. The van der Waals surface area contributed by atoms with Gasteiger partial charge in [-0.3, -0.25) is 0 Å². The van der Waals surface area contributed by atoms with Gasteiger partial charge in [0.25, 0.3) is 0 Å². The fourth-order valence-electron chi connectivity index (χ4n) is 2.22. The molecular weight excluding hydrogens is 266 g/mol. The number of para-hydroxylation sites is 2. The zero-order valence-electron chi connectivity index (χ0n) is 10.9. The molecule has 3 rings (SSSR count). The average molecular weight is 280 g/mol. The highest BCUT2D eigenvalue weighted by molar-refractivity contribution is 6.30. The van der Waals surface area contributed by atoms with Crippen LogP contribution < -0.4 is 4.90 Å². The van der Waals surface area contributed by atoms with Gasteiger partial charge in [-0.1, -0.05) is 54.1 Å². The Morgan fingerprint density at radius 2 is 1.05 bits per heavy atom. The van der Waals surface area contributed by atoms with E-state index in [0.717, 1.165) is 22.1 Å². The molecule has 0 saturated carbocycles. The normalized spacial score (nSPS) is 10.2. The molecule has 0 fully saturated rings. The standard InChI is InChI=1S/C18H14ClN/c19-15-8-7-13-18(14-15)20(16-9-3-1-4-10-16)17-11-5-2-6-12-17/h1-14H. The van der Waals surface area contributed by atoms with E-state index in [0.29, 0.717) is 0 Å². The third-order valence-corrected chi connectivity index (χ3v) is 3.33. The lowest BCUT2D eigenvalue weighted by atomic mass is 10.2. The van der Waals surface area contributed by atoms with E-state index in [4.69, 9.17) is 11.6 Å². The summed E-state index contributed by atoms with van der Waals surface area (Å²) in [5.74, 6) is 0. The molecule has 0 bridgehead atoms. The quantitative estimate of drug-likeness (QED) is 0.585. The highest BCUT2D eigenvalue weighted by Crippen LogP contribution is 2.34. The maximum Gasteiger partial charge on any atom is 0.0476 e. The number of hydrogen-bond donors (Lipinski definition) is 0. The Kier molecular flexibility index (Phi) is 3.71. The molecule has 98 valence electrons. The van der Waals surface area contributed by atoms with Crippen LogP contribution in [0.5, 0.6) is 0 Å². The number of rotatable bonds is 3. The molecule has 0 radical (unpaired) electrons. The van der Waals surface area contributed by atoms with Crippen LogP contribution in [0.25, 0.3) is 0 Å². The van der Waals surface area contributed by atoms with Crippen molar-refractivity contribution in [2.45, 2.75) is 0 Å². The number of benzene rings is 3. The molecule has 3 aromatic rings. The molecule has 0 aromatic heterocycles. The predicted octanol–water partition coefficient (Wildman–Crippen LogP) is 5.81. The summed E-state index contributed by atoms with van der Waals surface area (Å²) in [5, 5.41) is 0.736. The topological polar surface area (TPSA) is 3.24 Å². The van der Waals surface area contributed by atoms with E-state index in [-0.39, 0.29) is 0 Å². The lowest BCUT2D eigenvalue weighted by Crippen LogP contribution is -2.09. The van der Waals surface area contributed by atoms with Gasteiger partial charge < -0.3 is 4.90 Å². The van der Waals surface area contributed by atoms with Crippen LogP contribution in [0, 0.1) is 0 Å². The maximum atomic E-state index is 6.14. The summed E-state index contributed by atoms with van der Waals surface area (Å²) in [5.41, 5.74) is 3.27. The van der Waals surface area contributed by atoms with Gasteiger partial charge in [0.1, 0.15) is 0 Å². The summed E-state index contributed by atoms with van der Waals surface area (Å²) in [6, 6.07) is 28.4. The second-order valence-electron chi connectivity index (χ2n) is 4.49. The molecule has 0 saturated heterocycles. The molecule has 20 heavy (non-hydrogen) atoms. The van der Waals surface area contributed by atoms with Crippen LogP contribution in [-0.4, -0.2) is 0 Å². The first-order valence-electron chi connectivity index (χ1n) is 6.50. The molecule has 0 aliphatic heterocycles. The zero-order valence-corrected chi connectivity index (χ0v) is 11.7. The molecule has 0 aliphatic carbocycles. The number of halogens is 1. The summed E-state index contributed by atoms with van der Waals surface area (Å²) >= 11 is 6.14. The molecule has 3 aromatic carbocycles. The van der Waals surface area contributed by atoms with Crippen molar-refractivity contribution in [2.75, 3.05) is 4.90 Å². The minimum atomic E-state index is 0.736. The summed E-state index contributed by atoms with van der Waals surface area (Å²) in [4.78, 5) is 2.19. The largest absolute Gasteiger partial charge is 0.310 e. The van der Waals surface area contributed by atoms with Crippen molar-refractivity contribution in [3.05, 3.63) is 90.0 Å². The van der Waals surface area contributed by atoms with Gasteiger partial charge in [-0.05, 0) is 42.5 Å². The highest BCUT2D eigenvalue weighted by Gasteiger charge is 2.11. The van der Waals surface area contributed by atoms with Crippen LogP contribution in [-0.2, 0) is 0 Å². The van der Waals surface area contributed by atoms with Gasteiger partial charge in [0, 0.05) is 22.1 Å². The van der Waals surface area contributed by atoms with Crippen molar-refractivity contribution in [3.63, 3.8) is 0 Å². The molecule has 1 nitrogen and oxygen atoms in total. The second-order valence-corrected chi connectivity index (χ2v) is 4.92. The summed E-state index contributed by atoms with van der Waals surface area (Å²) in [6.45, 7) is 0. The van der Waals surface area contributed by atoms with Crippen molar-refractivity contribution in [3.8, 4) is 0 Å². The minimum absolute atomic E-state index is 0.736. The maximum absolute atomic E-state index is 6.14. The average Bonchev–Trinajstić information content (AvgIpc) is 2.50. The predicted molar refractivity (Wildman–Crippen MR) is 86.1 cm³/mol. The lowest BCUT2D eigenvalue weighted by molar-refractivity contribution is 1.28. The second kappa shape index (κ2) is 5.81. The van der Waals surface area contributed by atoms with Crippen LogP contribution in [0.15, 0.2) is 84.9 Å². The van der Waals surface area contributed by atoms with E-state index >= 15 is 0 Å². The summed E-state index contributed by atoms with van der Waals surface area (Å²) in [7, 11) is 0. The third-order valence-electron chi connectivity index (χ3n) is 3.10. The van der Waals surface area contributed by atoms with Crippen molar-refractivity contribution in [1.29, 1.82) is 0 Å². The number of hydrogen-bond acceptors (Lipinski definition) is 1. The van der Waals surface area contributed by atoms with Gasteiger partial charge in [-0.15, -0.1) is 0 Å². The van der Waals surface area contributed by atoms with Crippen LogP contribution in [0.3, 0.4) is 0 Å². The van der Waals surface area contributed by atoms with E-state index in [1.807, 2.05) is 54.6 Å². The molecule has 0 spiro atoms. The molecule has 0 amide bonds. The van der Waals surface area contributed by atoms with Crippen LogP contribution in [0.1, 0.15) is 0 Å². The highest BCUT2D eigenvalue weighted by atomic mass is 35.5. The summed E-state index contributed by atoms with van der Waals surface area (Å²) in [6.07, 6.45) is 0. The Balaban J connectivity index is 2.14. The van der Waals surface area contributed by atoms with Gasteiger partial charge in [-0.25, -0.2) is 0 Å². The smallest absolute Gasteiger partial charge is 0.0476 e. The number of anilines is 3. The summed E-state index contributed by atoms with van der Waals surface area (Å²) < 4.78 is 0. The SMILES string of the molecule is Clc1cccc(N(c2ccccc2)c2ccccc2)c1. The van der Waals surface area contributed by atoms with Gasteiger partial charge in [0.15, 0.2) is 0 Å². The Labute approximate surface area is 124 Å². The molecule has 0 aliphatic rings. The van der Waals surface area contributed by atoms with Crippen LogP contribution in [0.4, 0.5) is 17.1 Å². The third kappa shape index (κ3) is 2.68. The molecule has 0 heterocycles. The van der Waals surface area contributed by atoms with E-state index in [2.05, 4.69) is 35.2 Å². The Morgan fingerprint density at radius 3 is 1.55 bits per heavy atom. The van der Waals surface area contributed by atoms with E-state index < -0.39 is 0 Å². The Bertz CT molecular complexity index is 641. The van der Waals surface area contributed by atoms with Crippen molar-refractivity contribution < 1.29 is 0 Å². The van der Waals surface area contributed by atoms with Gasteiger partial charge >= 0.3 is 0 Å². The molecule has 0 atom stereocenters. The van der Waals surface area contributed by atoms with E-state index in [9.17, 15) is 0 Å². The first kappa shape index (κ1) is 12.8. The molecular formula is C18H14ClN. The molecule has 0 N–H and O–H groups in total. The molecule has 2 heteroatoms.